The van der Waals surface area contributed by atoms with Crippen molar-refractivity contribution in [2.75, 3.05) is 0 Å². The van der Waals surface area contributed by atoms with Crippen LogP contribution in [0.15, 0.2) is 132 Å². The molecule has 0 unspecified atom stereocenters. The van der Waals surface area contributed by atoms with E-state index in [4.69, 9.17) is 0 Å². The maximum atomic E-state index is 12.1. The largest absolute Gasteiger partial charge is 2.00 e. The third kappa shape index (κ3) is 23.9. The van der Waals surface area contributed by atoms with E-state index in [1.165, 1.54) is 142 Å². The molecule has 0 aliphatic carbocycles. The number of allylic oxidation sites excluding steroid dienone is 4. The Labute approximate surface area is 423 Å². The van der Waals surface area contributed by atoms with E-state index in [9.17, 15) is 5.53 Å². The van der Waals surface area contributed by atoms with Crippen molar-refractivity contribution in [1.82, 2.24) is 0 Å². The zero-order chi connectivity index (χ0) is 47.3. The van der Waals surface area contributed by atoms with Gasteiger partial charge in [0.15, 0.2) is 0 Å². The van der Waals surface area contributed by atoms with Gasteiger partial charge < -0.3 is 19.4 Å². The van der Waals surface area contributed by atoms with Crippen LogP contribution < -0.4 is 0 Å². The van der Waals surface area contributed by atoms with E-state index in [2.05, 4.69) is 126 Å². The van der Waals surface area contributed by atoms with E-state index in [-0.39, 0.29) is 16.5 Å². The minimum absolute atomic E-state index is 0. The fraction of sp³-hybridized carbons (Fsp3) is 0.500. The van der Waals surface area contributed by atoms with Gasteiger partial charge in [0.2, 0.25) is 11.4 Å². The molecule has 1 aliphatic rings. The average molecular weight is 948 g/mol. The van der Waals surface area contributed by atoms with Crippen LogP contribution in [-0.4, -0.2) is 4.70 Å². The van der Waals surface area contributed by atoms with Gasteiger partial charge in [0.1, 0.15) is 0 Å². The minimum Gasteiger partial charge on any atom is -0.493 e. The van der Waals surface area contributed by atoms with Crippen molar-refractivity contribution < 1.29 is 21.2 Å². The zero-order valence-corrected chi connectivity index (χ0v) is 44.0. The molecule has 5 rings (SSSR count). The van der Waals surface area contributed by atoms with Crippen molar-refractivity contribution in [2.45, 2.75) is 207 Å². The summed E-state index contributed by atoms with van der Waals surface area (Å²) in [6, 6.07) is 38.4. The fourth-order valence-electron chi connectivity index (χ4n) is 8.89. The van der Waals surface area contributed by atoms with Gasteiger partial charge in [0.25, 0.3) is 0 Å². The van der Waals surface area contributed by atoms with Crippen LogP contribution in [0.25, 0.3) is 16.9 Å². The molecule has 0 saturated carbocycles. The van der Waals surface area contributed by atoms with Gasteiger partial charge in [-0.3, -0.25) is 0 Å². The predicted octanol–water partition coefficient (Wildman–Crippen LogP) is 20.1. The van der Waals surface area contributed by atoms with Gasteiger partial charge in [0.05, 0.1) is 0 Å². The average Bonchev–Trinajstić information content (AvgIpc) is 3.64. The third-order valence-electron chi connectivity index (χ3n) is 13.0. The molecule has 67 heavy (non-hydrogen) atoms. The van der Waals surface area contributed by atoms with Crippen molar-refractivity contribution >= 4 is 11.4 Å². The van der Waals surface area contributed by atoms with Crippen molar-refractivity contribution in [3.63, 3.8) is 0 Å². The second-order valence-electron chi connectivity index (χ2n) is 18.5. The molecule has 2 nitrogen and oxygen atoms in total. The van der Waals surface area contributed by atoms with Gasteiger partial charge in [-0.2, -0.15) is 12.8 Å². The summed E-state index contributed by atoms with van der Waals surface area (Å²) < 4.78 is 1.58. The second-order valence-corrected chi connectivity index (χ2v) is 18.5. The molecule has 0 amide bonds. The topological polar surface area (TPSA) is 25.3 Å². The maximum Gasteiger partial charge on any atom is 2.00 e. The Morgan fingerprint density at radius 1 is 0.403 bits per heavy atom. The second kappa shape index (κ2) is 39.1. The number of hydrogen-bond acceptors (Lipinski definition) is 0. The van der Waals surface area contributed by atoms with Crippen molar-refractivity contribution in [3.05, 3.63) is 185 Å². The van der Waals surface area contributed by atoms with E-state index in [1.807, 2.05) is 36.4 Å². The van der Waals surface area contributed by atoms with Crippen LogP contribution >= 0.6 is 0 Å². The Morgan fingerprint density at radius 2 is 0.836 bits per heavy atom. The number of rotatable bonds is 31. The number of unbranched alkanes of at least 4 members (excludes halogenated alkanes) is 17. The summed E-state index contributed by atoms with van der Waals surface area (Å²) >= 11 is 0. The number of aryl methyl sites for hydroxylation is 2. The van der Waals surface area contributed by atoms with Crippen LogP contribution in [0.5, 0.6) is 0 Å². The van der Waals surface area contributed by atoms with E-state index in [0.29, 0.717) is 0 Å². The Balaban J connectivity index is 0.000000755. The Bertz CT molecular complexity index is 1880. The summed E-state index contributed by atoms with van der Waals surface area (Å²) in [4.78, 5) is 0. The molecule has 1 aliphatic heterocycles. The van der Waals surface area contributed by atoms with Crippen LogP contribution in [0, 0.1) is 13.8 Å². The quantitative estimate of drug-likeness (QED) is 0.0158. The first-order chi connectivity index (χ1) is 32.5. The van der Waals surface area contributed by atoms with E-state index < -0.39 is 0 Å². The van der Waals surface area contributed by atoms with E-state index in [0.717, 1.165) is 94.0 Å². The third-order valence-corrected chi connectivity index (χ3v) is 13.0. The Hall–Kier alpha value is -3.81. The van der Waals surface area contributed by atoms with Gasteiger partial charge >= 0.3 is 16.5 Å². The first-order valence-electron chi connectivity index (χ1n) is 27.0. The maximum absolute atomic E-state index is 12.1. The first kappa shape index (κ1) is 59.3. The summed E-state index contributed by atoms with van der Waals surface area (Å²) in [5.41, 5.74) is 24.6. The number of nitrogens with zero attached hydrogens (tertiary/aromatic N) is 2. The summed E-state index contributed by atoms with van der Waals surface area (Å²) in [5, 5.41) is 0. The molecule has 1 heterocycles. The molecule has 3 heteroatoms. The number of benzene rings is 4. The van der Waals surface area contributed by atoms with Crippen LogP contribution in [0.1, 0.15) is 215 Å². The Morgan fingerprint density at radius 3 is 1.33 bits per heavy atom. The summed E-state index contributed by atoms with van der Waals surface area (Å²) in [7, 11) is 0. The van der Waals surface area contributed by atoms with Crippen LogP contribution in [0.4, 0.5) is 0 Å². The van der Waals surface area contributed by atoms with Gasteiger partial charge in [-0.25, -0.2) is 4.70 Å². The van der Waals surface area contributed by atoms with Crippen molar-refractivity contribution in [3.8, 4) is 0 Å². The van der Waals surface area contributed by atoms with Gasteiger partial charge in [0, 0.05) is 22.3 Å². The van der Waals surface area contributed by atoms with Crippen LogP contribution in [-0.2, 0) is 42.2 Å². The summed E-state index contributed by atoms with van der Waals surface area (Å²) in [5.74, 6) is 0. The predicted molar refractivity (Wildman–Crippen MR) is 291 cm³/mol. The first-order valence-corrected chi connectivity index (χ1v) is 27.0. The van der Waals surface area contributed by atoms with Crippen molar-refractivity contribution in [1.29, 1.82) is 0 Å². The summed E-state index contributed by atoms with van der Waals surface area (Å²) in [6.07, 6.45) is 39.5. The molecule has 0 bridgehead atoms. The van der Waals surface area contributed by atoms with E-state index >= 15 is 0 Å². The zero-order valence-electron chi connectivity index (χ0n) is 43.0. The number of hydrogen-bond donors (Lipinski definition) is 0. The molecule has 0 N–H and O–H groups in total. The molecule has 0 saturated heterocycles. The molecule has 0 atom stereocenters. The normalized spacial score (nSPS) is 12.2. The minimum atomic E-state index is 0. The molecule has 4 aromatic rings. The molecule has 0 radical (unpaired) electrons. The monoisotopic (exact) mass is 947 g/mol. The molecule has 368 valence electrons. The summed E-state index contributed by atoms with van der Waals surface area (Å²) in [6.45, 7) is 16.6. The fourth-order valence-corrected chi connectivity index (χ4v) is 8.89. The molecular formula is C64H92N2Ni. The molecule has 0 spiro atoms. The van der Waals surface area contributed by atoms with E-state index in [1.54, 1.807) is 4.70 Å². The van der Waals surface area contributed by atoms with Crippen LogP contribution in [0.2, 0.25) is 0 Å². The van der Waals surface area contributed by atoms with Crippen molar-refractivity contribution in [2.24, 2.45) is 0 Å². The molecular weight excluding hydrogens is 855 g/mol. The SMILES string of the molecule is CCCCCCCCCCCCCC=CCCCc1ccccc1C1=C(CCCC)C(CCCC)=C(c2ccc(CCCCCC)cc2)[N+]1=[N-].[CH2-]Cc1ccccc1.[CH2-]Cc1ccccc1.[Ni+2]. The van der Waals surface area contributed by atoms with Gasteiger partial charge in [-0.1, -0.05) is 238 Å². The standard InChI is InChI=1S/C48H74N2.2C8H9.Ni/c1-5-9-13-15-16-17-18-19-20-21-22-23-24-25-26-28-32-42-33-29-30-36-44(42)48-46(35-12-8-4)45(34-11-7-3)47(50(48)49)43-39-37-41(38-40-43)31-27-14-10-6-2;2*1-2-8-6-4-3-5-7-8;/h24-25,29-30,33,36-40H,5-23,26-28,31-32,34-35H2,1-4H3;2*3-7H,1-2H2;/q;2*-1;+2. The van der Waals surface area contributed by atoms with Gasteiger partial charge in [-0.05, 0) is 100.0 Å². The smallest absolute Gasteiger partial charge is 0.493 e. The van der Waals surface area contributed by atoms with Gasteiger partial charge in [-0.15, -0.1) is 0 Å². The molecule has 0 fully saturated rings. The Kier molecular flexibility index (Phi) is 34.6. The molecule has 4 aromatic carbocycles. The van der Waals surface area contributed by atoms with Crippen LogP contribution in [0.3, 0.4) is 0 Å². The molecule has 0 aromatic heterocycles.